The van der Waals surface area contributed by atoms with Crippen LogP contribution in [0.15, 0.2) is 60.7 Å². The minimum Gasteiger partial charge on any atom is -0.348 e. The normalized spacial score (nSPS) is 14.1. The van der Waals surface area contributed by atoms with Crippen molar-refractivity contribution in [3.63, 3.8) is 0 Å². The molecule has 4 rings (SSSR count). The lowest BCUT2D eigenvalue weighted by atomic mass is 9.89. The smallest absolute Gasteiger partial charge is 0.251 e. The summed E-state index contributed by atoms with van der Waals surface area (Å²) < 4.78 is 0. The van der Waals surface area contributed by atoms with E-state index in [1.807, 2.05) is 43.3 Å². The van der Waals surface area contributed by atoms with Gasteiger partial charge in [0.05, 0.1) is 12.6 Å². The molecule has 4 nitrogen and oxygen atoms in total. The number of hydrogen-bond acceptors (Lipinski definition) is 2. The van der Waals surface area contributed by atoms with Crippen LogP contribution in [-0.4, -0.2) is 18.4 Å². The Morgan fingerprint density at radius 3 is 2.48 bits per heavy atom. The highest BCUT2D eigenvalue weighted by Crippen LogP contribution is 2.24. The van der Waals surface area contributed by atoms with Crippen molar-refractivity contribution in [3.8, 4) is 0 Å². The van der Waals surface area contributed by atoms with Crippen molar-refractivity contribution in [1.29, 1.82) is 0 Å². The number of carbonyl (C=O) groups excluding carboxylic acids is 2. The molecule has 0 saturated heterocycles. The second-order valence-corrected chi connectivity index (χ2v) is 7.77. The zero-order chi connectivity index (χ0) is 20.2. The van der Waals surface area contributed by atoms with Gasteiger partial charge in [0, 0.05) is 5.56 Å². The Bertz CT molecular complexity index is 1060. The molecule has 1 atom stereocenters. The van der Waals surface area contributed by atoms with E-state index in [1.165, 1.54) is 24.0 Å². The summed E-state index contributed by atoms with van der Waals surface area (Å²) >= 11 is 0. The third kappa shape index (κ3) is 4.48. The topological polar surface area (TPSA) is 58.2 Å². The van der Waals surface area contributed by atoms with E-state index in [0.29, 0.717) is 5.56 Å². The van der Waals surface area contributed by atoms with E-state index in [2.05, 4.69) is 28.8 Å². The van der Waals surface area contributed by atoms with Gasteiger partial charge >= 0.3 is 0 Å². The van der Waals surface area contributed by atoms with Crippen molar-refractivity contribution in [2.24, 2.45) is 0 Å². The van der Waals surface area contributed by atoms with Crippen LogP contribution in [0.3, 0.4) is 0 Å². The average Bonchev–Trinajstić information content (AvgIpc) is 2.76. The molecule has 0 bridgehead atoms. The SMILES string of the molecule is CC(NC(=O)CNC(=O)c1ccc2ccccc2c1)c1ccc2c(c1)CCCC2. The summed E-state index contributed by atoms with van der Waals surface area (Å²) in [4.78, 5) is 24.8. The van der Waals surface area contributed by atoms with Crippen LogP contribution < -0.4 is 10.6 Å². The molecule has 0 saturated carbocycles. The second kappa shape index (κ2) is 8.48. The van der Waals surface area contributed by atoms with E-state index in [9.17, 15) is 9.59 Å². The summed E-state index contributed by atoms with van der Waals surface area (Å²) in [6.07, 6.45) is 4.76. The third-order valence-corrected chi connectivity index (χ3v) is 5.67. The quantitative estimate of drug-likeness (QED) is 0.686. The molecule has 0 aromatic heterocycles. The lowest BCUT2D eigenvalue weighted by Gasteiger charge is -2.20. The molecule has 3 aromatic carbocycles. The van der Waals surface area contributed by atoms with Gasteiger partial charge in [-0.3, -0.25) is 9.59 Å². The molecule has 1 aliphatic carbocycles. The lowest BCUT2D eigenvalue weighted by molar-refractivity contribution is -0.120. The largest absolute Gasteiger partial charge is 0.348 e. The first kappa shape index (κ1) is 19.2. The van der Waals surface area contributed by atoms with E-state index in [0.717, 1.165) is 29.2 Å². The molecule has 1 unspecified atom stereocenters. The van der Waals surface area contributed by atoms with Crippen LogP contribution in [-0.2, 0) is 17.6 Å². The molecule has 1 aliphatic rings. The number of aryl methyl sites for hydroxylation is 2. The van der Waals surface area contributed by atoms with E-state index in [4.69, 9.17) is 0 Å². The number of carbonyl (C=O) groups is 2. The number of rotatable bonds is 5. The Morgan fingerprint density at radius 2 is 1.66 bits per heavy atom. The minimum atomic E-state index is -0.243. The van der Waals surface area contributed by atoms with E-state index < -0.39 is 0 Å². The Hall–Kier alpha value is -3.14. The standard InChI is InChI=1S/C25H26N2O2/c1-17(20-12-10-18-6-2-4-8-21(18)14-20)27-24(28)16-26-25(29)23-13-11-19-7-3-5-9-22(19)15-23/h3,5,7,9-15,17H,2,4,6,8,16H2,1H3,(H,26,29)(H,27,28). The van der Waals surface area contributed by atoms with Crippen LogP contribution in [0, 0.1) is 0 Å². The van der Waals surface area contributed by atoms with Gasteiger partial charge < -0.3 is 10.6 Å². The Kier molecular flexibility index (Phi) is 5.61. The van der Waals surface area contributed by atoms with Gasteiger partial charge in [-0.1, -0.05) is 48.5 Å². The van der Waals surface area contributed by atoms with Crippen molar-refractivity contribution >= 4 is 22.6 Å². The average molecular weight is 386 g/mol. The summed E-state index contributed by atoms with van der Waals surface area (Å²) in [5.41, 5.74) is 4.50. The van der Waals surface area contributed by atoms with E-state index >= 15 is 0 Å². The van der Waals surface area contributed by atoms with Gasteiger partial charge in [-0.05, 0) is 72.2 Å². The number of hydrogen-bond donors (Lipinski definition) is 2. The first-order valence-electron chi connectivity index (χ1n) is 10.3. The molecule has 0 heterocycles. The molecule has 2 N–H and O–H groups in total. The maximum absolute atomic E-state index is 12.4. The summed E-state index contributed by atoms with van der Waals surface area (Å²) in [5.74, 6) is -0.434. The van der Waals surface area contributed by atoms with Crippen LogP contribution in [0.5, 0.6) is 0 Å². The molecule has 4 heteroatoms. The highest BCUT2D eigenvalue weighted by Gasteiger charge is 2.15. The van der Waals surface area contributed by atoms with Crippen molar-refractivity contribution in [3.05, 3.63) is 82.9 Å². The lowest BCUT2D eigenvalue weighted by Crippen LogP contribution is -2.38. The number of amides is 2. The maximum Gasteiger partial charge on any atom is 0.251 e. The molecule has 3 aromatic rings. The molecule has 2 amide bonds. The van der Waals surface area contributed by atoms with Gasteiger partial charge in [-0.15, -0.1) is 0 Å². The molecule has 29 heavy (non-hydrogen) atoms. The van der Waals surface area contributed by atoms with Crippen LogP contribution in [0.2, 0.25) is 0 Å². The number of nitrogens with one attached hydrogen (secondary N) is 2. The number of benzene rings is 3. The van der Waals surface area contributed by atoms with Gasteiger partial charge in [0.2, 0.25) is 5.91 Å². The van der Waals surface area contributed by atoms with Crippen LogP contribution in [0.1, 0.15) is 52.9 Å². The van der Waals surface area contributed by atoms with Crippen LogP contribution in [0.25, 0.3) is 10.8 Å². The van der Waals surface area contributed by atoms with Crippen LogP contribution in [0.4, 0.5) is 0 Å². The Morgan fingerprint density at radius 1 is 0.897 bits per heavy atom. The molecular formula is C25H26N2O2. The maximum atomic E-state index is 12.4. The predicted octanol–water partition coefficient (Wildman–Crippen LogP) is 4.33. The van der Waals surface area contributed by atoms with E-state index in [-0.39, 0.29) is 24.4 Å². The van der Waals surface area contributed by atoms with Gasteiger partial charge in [0.1, 0.15) is 0 Å². The third-order valence-electron chi connectivity index (χ3n) is 5.67. The molecular weight excluding hydrogens is 360 g/mol. The second-order valence-electron chi connectivity index (χ2n) is 7.77. The zero-order valence-electron chi connectivity index (χ0n) is 16.7. The van der Waals surface area contributed by atoms with Crippen molar-refractivity contribution < 1.29 is 9.59 Å². The zero-order valence-corrected chi connectivity index (χ0v) is 16.7. The molecule has 148 valence electrons. The van der Waals surface area contributed by atoms with Gasteiger partial charge in [0.25, 0.3) is 5.91 Å². The fraction of sp³-hybridized carbons (Fsp3) is 0.280. The Labute approximate surface area is 171 Å². The van der Waals surface area contributed by atoms with Crippen molar-refractivity contribution in [2.45, 2.75) is 38.6 Å². The van der Waals surface area contributed by atoms with E-state index in [1.54, 1.807) is 6.07 Å². The first-order valence-corrected chi connectivity index (χ1v) is 10.3. The fourth-order valence-electron chi connectivity index (χ4n) is 3.99. The Balaban J connectivity index is 1.33. The van der Waals surface area contributed by atoms with Crippen LogP contribution >= 0.6 is 0 Å². The summed E-state index contributed by atoms with van der Waals surface area (Å²) in [6, 6.07) is 19.9. The molecule has 0 aliphatic heterocycles. The summed E-state index contributed by atoms with van der Waals surface area (Å²) in [7, 11) is 0. The van der Waals surface area contributed by atoms with Crippen molar-refractivity contribution in [1.82, 2.24) is 10.6 Å². The first-order chi connectivity index (χ1) is 14.1. The summed E-state index contributed by atoms with van der Waals surface area (Å²) in [5, 5.41) is 7.79. The minimum absolute atomic E-state index is 0.0407. The van der Waals surface area contributed by atoms with Gasteiger partial charge in [-0.25, -0.2) is 0 Å². The highest BCUT2D eigenvalue weighted by molar-refractivity contribution is 6.00. The molecule has 0 radical (unpaired) electrons. The monoisotopic (exact) mass is 386 g/mol. The molecule has 0 spiro atoms. The van der Waals surface area contributed by atoms with Crippen molar-refractivity contribution in [2.75, 3.05) is 6.54 Å². The van der Waals surface area contributed by atoms with Gasteiger partial charge in [-0.2, -0.15) is 0 Å². The highest BCUT2D eigenvalue weighted by atomic mass is 16.2. The predicted molar refractivity (Wildman–Crippen MR) is 116 cm³/mol. The fourth-order valence-corrected chi connectivity index (χ4v) is 3.99. The molecule has 0 fully saturated rings. The van der Waals surface area contributed by atoms with Gasteiger partial charge in [0.15, 0.2) is 0 Å². The summed E-state index contributed by atoms with van der Waals surface area (Å²) in [6.45, 7) is 1.94. The number of fused-ring (bicyclic) bond motifs is 2.